The molecule has 1 aromatic heterocycles. The van der Waals surface area contributed by atoms with Crippen molar-refractivity contribution in [2.45, 2.75) is 50.5 Å². The number of furan rings is 1. The predicted molar refractivity (Wildman–Crippen MR) is 75.4 cm³/mol. The monoisotopic (exact) mass is 291 g/mol. The van der Waals surface area contributed by atoms with Crippen LogP contribution < -0.4 is 5.32 Å². The van der Waals surface area contributed by atoms with Crippen molar-refractivity contribution < 1.29 is 18.7 Å². The number of ether oxygens (including phenoxy) is 1. The van der Waals surface area contributed by atoms with Crippen LogP contribution in [0.4, 0.5) is 0 Å². The lowest BCUT2D eigenvalue weighted by Crippen LogP contribution is -2.46. The van der Waals surface area contributed by atoms with E-state index in [1.807, 2.05) is 12.1 Å². The molecule has 1 saturated carbocycles. The first kappa shape index (κ1) is 14.2. The van der Waals surface area contributed by atoms with Crippen molar-refractivity contribution in [3.8, 4) is 0 Å². The summed E-state index contributed by atoms with van der Waals surface area (Å²) in [6, 6.07) is 3.72. The van der Waals surface area contributed by atoms with Crippen molar-refractivity contribution in [3.05, 3.63) is 24.2 Å². The summed E-state index contributed by atoms with van der Waals surface area (Å²) in [5, 5.41) is 2.92. The van der Waals surface area contributed by atoms with E-state index in [9.17, 15) is 9.59 Å². The molecule has 0 aromatic carbocycles. The summed E-state index contributed by atoms with van der Waals surface area (Å²) in [5.74, 6) is 0.223. The van der Waals surface area contributed by atoms with Gasteiger partial charge in [-0.15, -0.1) is 0 Å². The first-order valence-corrected chi connectivity index (χ1v) is 7.72. The van der Waals surface area contributed by atoms with Crippen molar-refractivity contribution in [2.24, 2.45) is 5.92 Å². The number of amides is 1. The van der Waals surface area contributed by atoms with Crippen molar-refractivity contribution >= 4 is 11.9 Å². The number of hydrogen-bond acceptors (Lipinski definition) is 4. The summed E-state index contributed by atoms with van der Waals surface area (Å²) in [5.41, 5.74) is -0.538. The summed E-state index contributed by atoms with van der Waals surface area (Å²) in [6.45, 7) is 0.521. The van der Waals surface area contributed by atoms with E-state index in [-0.39, 0.29) is 24.2 Å². The maximum atomic E-state index is 12.4. The molecular formula is C16H21NO4. The molecule has 1 aromatic rings. The predicted octanol–water partition coefficient (Wildman–Crippen LogP) is 2.20. The lowest BCUT2D eigenvalue weighted by molar-refractivity contribution is -0.153. The minimum Gasteiger partial charge on any atom is -0.469 e. The van der Waals surface area contributed by atoms with Crippen LogP contribution in [0.2, 0.25) is 0 Å². The molecule has 1 aliphatic heterocycles. The maximum absolute atomic E-state index is 12.4. The Balaban J connectivity index is 1.58. The topological polar surface area (TPSA) is 68.5 Å². The zero-order valence-electron chi connectivity index (χ0n) is 12.1. The number of carbonyl (C=O) groups excluding carboxylic acids is 2. The Bertz CT molecular complexity index is 502. The molecule has 2 aliphatic rings. The second kappa shape index (κ2) is 5.92. The van der Waals surface area contributed by atoms with Crippen LogP contribution in [0.15, 0.2) is 22.8 Å². The van der Waals surface area contributed by atoms with E-state index in [0.717, 1.165) is 37.9 Å². The van der Waals surface area contributed by atoms with Gasteiger partial charge in [-0.2, -0.15) is 0 Å². The zero-order valence-corrected chi connectivity index (χ0v) is 12.1. The van der Waals surface area contributed by atoms with E-state index in [0.29, 0.717) is 13.0 Å². The van der Waals surface area contributed by atoms with Gasteiger partial charge in [-0.1, -0.05) is 6.42 Å². The molecule has 1 N–H and O–H groups in total. The molecule has 1 unspecified atom stereocenters. The molecule has 1 amide bonds. The van der Waals surface area contributed by atoms with Gasteiger partial charge in [-0.05, 0) is 37.8 Å². The Labute approximate surface area is 124 Å². The van der Waals surface area contributed by atoms with Crippen molar-refractivity contribution in [1.82, 2.24) is 5.32 Å². The van der Waals surface area contributed by atoms with E-state index in [1.165, 1.54) is 0 Å². The van der Waals surface area contributed by atoms with Gasteiger partial charge >= 0.3 is 5.97 Å². The number of rotatable bonds is 4. The summed E-state index contributed by atoms with van der Waals surface area (Å²) in [4.78, 5) is 24.1. The Morgan fingerprint density at radius 3 is 2.86 bits per heavy atom. The number of nitrogens with one attached hydrogen (secondary N) is 1. The molecule has 1 saturated heterocycles. The SMILES string of the molecule is O=C1CC(C(=O)NCCc2ccco2)C2(CCCCC2)O1. The quantitative estimate of drug-likeness (QED) is 0.864. The van der Waals surface area contributed by atoms with Crippen LogP contribution in [0.1, 0.15) is 44.3 Å². The van der Waals surface area contributed by atoms with Crippen LogP contribution in [0, 0.1) is 5.92 Å². The van der Waals surface area contributed by atoms with Crippen LogP contribution in [0.5, 0.6) is 0 Å². The Hall–Kier alpha value is -1.78. The minimum atomic E-state index is -0.538. The van der Waals surface area contributed by atoms with Gasteiger partial charge in [0.05, 0.1) is 18.6 Å². The van der Waals surface area contributed by atoms with Crippen LogP contribution in [0.25, 0.3) is 0 Å². The number of carbonyl (C=O) groups is 2. The molecule has 1 aliphatic carbocycles. The molecule has 0 bridgehead atoms. The van der Waals surface area contributed by atoms with Crippen molar-refractivity contribution in [3.63, 3.8) is 0 Å². The van der Waals surface area contributed by atoms with Gasteiger partial charge in [0.2, 0.25) is 5.91 Å². The van der Waals surface area contributed by atoms with Gasteiger partial charge in [-0.3, -0.25) is 9.59 Å². The van der Waals surface area contributed by atoms with Crippen LogP contribution in [0.3, 0.4) is 0 Å². The largest absolute Gasteiger partial charge is 0.469 e. The molecule has 5 heteroatoms. The van der Waals surface area contributed by atoms with Gasteiger partial charge in [0, 0.05) is 13.0 Å². The van der Waals surface area contributed by atoms with Crippen LogP contribution in [-0.2, 0) is 20.7 Å². The van der Waals surface area contributed by atoms with Crippen molar-refractivity contribution in [1.29, 1.82) is 0 Å². The van der Waals surface area contributed by atoms with E-state index in [2.05, 4.69) is 5.32 Å². The molecule has 2 fully saturated rings. The molecule has 2 heterocycles. The summed E-state index contributed by atoms with van der Waals surface area (Å²) in [7, 11) is 0. The average Bonchev–Trinajstić information content (AvgIpc) is 3.08. The van der Waals surface area contributed by atoms with E-state index >= 15 is 0 Å². The molecule has 5 nitrogen and oxygen atoms in total. The highest BCUT2D eigenvalue weighted by Crippen LogP contribution is 2.44. The van der Waals surface area contributed by atoms with E-state index in [4.69, 9.17) is 9.15 Å². The van der Waals surface area contributed by atoms with Gasteiger partial charge in [0.15, 0.2) is 0 Å². The Morgan fingerprint density at radius 2 is 2.14 bits per heavy atom. The standard InChI is InChI=1S/C16H21NO4/c18-14-11-13(16(21-14)7-2-1-3-8-16)15(19)17-9-6-12-5-4-10-20-12/h4-5,10,13H,1-3,6-9,11H2,(H,17,19). The Morgan fingerprint density at radius 1 is 1.33 bits per heavy atom. The molecule has 1 atom stereocenters. The first-order chi connectivity index (χ1) is 10.2. The van der Waals surface area contributed by atoms with E-state index in [1.54, 1.807) is 6.26 Å². The maximum Gasteiger partial charge on any atom is 0.307 e. The average molecular weight is 291 g/mol. The third-order valence-corrected chi connectivity index (χ3v) is 4.59. The van der Waals surface area contributed by atoms with Crippen molar-refractivity contribution in [2.75, 3.05) is 6.54 Å². The smallest absolute Gasteiger partial charge is 0.307 e. The van der Waals surface area contributed by atoms with E-state index < -0.39 is 5.60 Å². The number of hydrogen-bond donors (Lipinski definition) is 1. The highest BCUT2D eigenvalue weighted by atomic mass is 16.6. The molecule has 0 radical (unpaired) electrons. The Kier molecular flexibility index (Phi) is 3.99. The molecular weight excluding hydrogens is 270 g/mol. The highest BCUT2D eigenvalue weighted by Gasteiger charge is 2.52. The van der Waals surface area contributed by atoms with Crippen LogP contribution >= 0.6 is 0 Å². The summed E-state index contributed by atoms with van der Waals surface area (Å²) < 4.78 is 10.8. The fraction of sp³-hybridized carbons (Fsp3) is 0.625. The molecule has 3 rings (SSSR count). The van der Waals surface area contributed by atoms with Gasteiger partial charge < -0.3 is 14.5 Å². The molecule has 21 heavy (non-hydrogen) atoms. The third kappa shape index (κ3) is 2.96. The van der Waals surface area contributed by atoms with Gasteiger partial charge in [-0.25, -0.2) is 0 Å². The fourth-order valence-corrected chi connectivity index (χ4v) is 3.51. The second-order valence-corrected chi connectivity index (χ2v) is 5.98. The third-order valence-electron chi connectivity index (χ3n) is 4.59. The first-order valence-electron chi connectivity index (χ1n) is 7.72. The second-order valence-electron chi connectivity index (χ2n) is 5.98. The lowest BCUT2D eigenvalue weighted by Gasteiger charge is -2.36. The molecule has 1 spiro atoms. The van der Waals surface area contributed by atoms with Crippen LogP contribution in [-0.4, -0.2) is 24.0 Å². The van der Waals surface area contributed by atoms with Gasteiger partial charge in [0.1, 0.15) is 11.4 Å². The summed E-state index contributed by atoms with van der Waals surface area (Å²) >= 11 is 0. The normalized spacial score (nSPS) is 24.0. The van der Waals surface area contributed by atoms with Gasteiger partial charge in [0.25, 0.3) is 0 Å². The summed E-state index contributed by atoms with van der Waals surface area (Å²) in [6.07, 6.45) is 7.35. The zero-order chi connectivity index (χ0) is 14.7. The minimum absolute atomic E-state index is 0.0608. The highest BCUT2D eigenvalue weighted by molar-refractivity contribution is 5.87. The molecule has 114 valence electrons. The fourth-order valence-electron chi connectivity index (χ4n) is 3.51. The lowest BCUT2D eigenvalue weighted by atomic mass is 9.75. The number of esters is 1.